The fraction of sp³-hybridized carbons (Fsp3) is 0.393. The van der Waals surface area contributed by atoms with Crippen molar-refractivity contribution in [3.63, 3.8) is 0 Å². The lowest BCUT2D eigenvalue weighted by molar-refractivity contribution is -0.128. The van der Waals surface area contributed by atoms with Crippen LogP contribution in [0.4, 0.5) is 5.69 Å². The number of thiophene rings is 1. The van der Waals surface area contributed by atoms with Gasteiger partial charge in [-0.1, -0.05) is 39.0 Å². The molecule has 2 heterocycles. The zero-order chi connectivity index (χ0) is 26.3. The first-order chi connectivity index (χ1) is 17.2. The van der Waals surface area contributed by atoms with Crippen LogP contribution in [0.1, 0.15) is 80.4 Å². The molecule has 3 amide bonds. The van der Waals surface area contributed by atoms with Crippen molar-refractivity contribution in [3.05, 3.63) is 76.4 Å². The van der Waals surface area contributed by atoms with Gasteiger partial charge in [-0.3, -0.25) is 19.3 Å². The van der Waals surface area contributed by atoms with Crippen LogP contribution in [0.3, 0.4) is 0 Å². The fourth-order valence-corrected chi connectivity index (χ4v) is 4.32. The summed E-state index contributed by atoms with van der Waals surface area (Å²) in [5.74, 6) is -0.425. The lowest BCUT2D eigenvalue weighted by Gasteiger charge is -2.33. The summed E-state index contributed by atoms with van der Waals surface area (Å²) in [4.78, 5) is 41.7. The van der Waals surface area contributed by atoms with Crippen LogP contribution < -0.4 is 15.5 Å². The predicted molar refractivity (Wildman–Crippen MR) is 143 cm³/mol. The van der Waals surface area contributed by atoms with Crippen molar-refractivity contribution in [3.8, 4) is 0 Å². The molecule has 3 rings (SSSR count). The van der Waals surface area contributed by atoms with Crippen molar-refractivity contribution in [2.45, 2.75) is 65.0 Å². The highest BCUT2D eigenvalue weighted by molar-refractivity contribution is 7.12. The molecule has 0 aliphatic carbocycles. The van der Waals surface area contributed by atoms with E-state index in [1.807, 2.05) is 45.0 Å². The van der Waals surface area contributed by atoms with Gasteiger partial charge in [0.1, 0.15) is 5.76 Å². The molecule has 36 heavy (non-hydrogen) atoms. The highest BCUT2D eigenvalue weighted by Gasteiger charge is 2.36. The molecule has 0 saturated heterocycles. The average molecular weight is 510 g/mol. The lowest BCUT2D eigenvalue weighted by Crippen LogP contribution is -2.52. The van der Waals surface area contributed by atoms with Crippen LogP contribution in [0.25, 0.3) is 0 Å². The Bertz CT molecular complexity index is 1140. The van der Waals surface area contributed by atoms with Crippen molar-refractivity contribution in [2.24, 2.45) is 0 Å². The van der Waals surface area contributed by atoms with E-state index in [9.17, 15) is 14.4 Å². The van der Waals surface area contributed by atoms with Gasteiger partial charge in [0.25, 0.3) is 11.8 Å². The zero-order valence-electron chi connectivity index (χ0n) is 21.5. The normalized spacial score (nSPS) is 13.0. The largest absolute Gasteiger partial charge is 0.467 e. The maximum atomic E-state index is 13.7. The van der Waals surface area contributed by atoms with Gasteiger partial charge >= 0.3 is 0 Å². The van der Waals surface area contributed by atoms with Gasteiger partial charge in [-0.15, -0.1) is 11.3 Å². The van der Waals surface area contributed by atoms with Crippen molar-refractivity contribution in [1.29, 1.82) is 0 Å². The van der Waals surface area contributed by atoms with Crippen molar-refractivity contribution < 1.29 is 18.8 Å². The molecule has 2 N–H and O–H groups in total. The van der Waals surface area contributed by atoms with Crippen molar-refractivity contribution >= 4 is 34.7 Å². The molecule has 8 heteroatoms. The second-order valence-corrected chi connectivity index (χ2v) is 10.4. The molecule has 0 spiro atoms. The Labute approximate surface area is 216 Å². The number of rotatable bonds is 11. The van der Waals surface area contributed by atoms with Crippen LogP contribution in [0.5, 0.6) is 0 Å². The standard InChI is InChI=1S/C28H35N3O4S/c1-6-19(3)20-12-14-21(15-13-20)31(24(32)18-29-26(33)23-11-9-17-36-23)25(22-10-8-16-35-22)27(34)30-28(4,5)7-2/h8-17,19,25H,6-7,18H2,1-5H3,(H,29,33)(H,30,34)/t19-,25-/m1/s1. The van der Waals surface area contributed by atoms with Gasteiger partial charge in [0.05, 0.1) is 17.7 Å². The molecule has 0 radical (unpaired) electrons. The molecule has 3 aromatic rings. The Balaban J connectivity index is 1.99. The van der Waals surface area contributed by atoms with Crippen LogP contribution in [0.2, 0.25) is 0 Å². The highest BCUT2D eigenvalue weighted by atomic mass is 32.1. The summed E-state index contributed by atoms with van der Waals surface area (Å²) >= 11 is 1.30. The number of hydrogen-bond acceptors (Lipinski definition) is 5. The van der Waals surface area contributed by atoms with E-state index in [4.69, 9.17) is 4.42 Å². The summed E-state index contributed by atoms with van der Waals surface area (Å²) in [6.07, 6.45) is 3.17. The number of amides is 3. The molecule has 2 atom stereocenters. The van der Waals surface area contributed by atoms with E-state index in [0.29, 0.717) is 28.7 Å². The number of hydrogen-bond donors (Lipinski definition) is 2. The van der Waals surface area contributed by atoms with Crippen LogP contribution in [0, 0.1) is 0 Å². The molecule has 1 aromatic carbocycles. The molecule has 192 valence electrons. The van der Waals surface area contributed by atoms with Gasteiger partial charge < -0.3 is 15.1 Å². The van der Waals surface area contributed by atoms with E-state index in [2.05, 4.69) is 24.5 Å². The van der Waals surface area contributed by atoms with E-state index >= 15 is 0 Å². The maximum absolute atomic E-state index is 13.7. The third kappa shape index (κ3) is 6.63. The van der Waals surface area contributed by atoms with E-state index in [1.165, 1.54) is 22.5 Å². The summed E-state index contributed by atoms with van der Waals surface area (Å²) in [6, 6.07) is 13.4. The minimum absolute atomic E-state index is 0.272. The highest BCUT2D eigenvalue weighted by Crippen LogP contribution is 2.31. The van der Waals surface area contributed by atoms with Gasteiger partial charge in [-0.05, 0) is 73.9 Å². The molecule has 0 bridgehead atoms. The SMILES string of the molecule is CC[C@@H](C)c1ccc(N(C(=O)CNC(=O)c2cccs2)[C@@H](C(=O)NC(C)(C)CC)c2ccco2)cc1. The Kier molecular flexibility index (Phi) is 9.09. The van der Waals surface area contributed by atoms with E-state index in [1.54, 1.807) is 29.6 Å². The number of furan rings is 1. The topological polar surface area (TPSA) is 91.7 Å². The van der Waals surface area contributed by atoms with Crippen LogP contribution in [0.15, 0.2) is 64.6 Å². The van der Waals surface area contributed by atoms with Gasteiger partial charge in [0, 0.05) is 11.2 Å². The van der Waals surface area contributed by atoms with E-state index < -0.39 is 17.5 Å². The van der Waals surface area contributed by atoms with E-state index in [-0.39, 0.29) is 18.4 Å². The molecule has 0 aliphatic rings. The number of nitrogens with zero attached hydrogens (tertiary/aromatic N) is 1. The average Bonchev–Trinajstić information content (AvgIpc) is 3.60. The minimum atomic E-state index is -1.05. The predicted octanol–water partition coefficient (Wildman–Crippen LogP) is 5.66. The number of anilines is 1. The summed E-state index contributed by atoms with van der Waals surface area (Å²) < 4.78 is 5.64. The fourth-order valence-electron chi connectivity index (χ4n) is 3.68. The Morgan fingerprint density at radius 3 is 2.33 bits per heavy atom. The maximum Gasteiger partial charge on any atom is 0.261 e. The number of carbonyl (C=O) groups excluding carboxylic acids is 3. The van der Waals surface area contributed by atoms with Crippen molar-refractivity contribution in [2.75, 3.05) is 11.4 Å². The van der Waals surface area contributed by atoms with Gasteiger partial charge in [-0.2, -0.15) is 0 Å². The van der Waals surface area contributed by atoms with E-state index in [0.717, 1.165) is 12.0 Å². The van der Waals surface area contributed by atoms with Gasteiger partial charge in [0.15, 0.2) is 6.04 Å². The smallest absolute Gasteiger partial charge is 0.261 e. The minimum Gasteiger partial charge on any atom is -0.467 e. The third-order valence-electron chi connectivity index (χ3n) is 6.43. The zero-order valence-corrected chi connectivity index (χ0v) is 22.4. The number of carbonyl (C=O) groups is 3. The quantitative estimate of drug-likeness (QED) is 0.349. The first kappa shape index (κ1) is 27.2. The van der Waals surface area contributed by atoms with Gasteiger partial charge in [-0.25, -0.2) is 0 Å². The first-order valence-electron chi connectivity index (χ1n) is 12.3. The molecule has 0 fully saturated rings. The molecule has 0 saturated carbocycles. The third-order valence-corrected chi connectivity index (χ3v) is 7.30. The number of benzene rings is 1. The molecule has 2 aromatic heterocycles. The number of nitrogens with one attached hydrogen (secondary N) is 2. The van der Waals surface area contributed by atoms with Crippen LogP contribution >= 0.6 is 11.3 Å². The Morgan fingerprint density at radius 1 is 1.06 bits per heavy atom. The van der Waals surface area contributed by atoms with Gasteiger partial charge in [0.2, 0.25) is 5.91 Å². The molecule has 0 unspecified atom stereocenters. The summed E-state index contributed by atoms with van der Waals surface area (Å²) in [5.41, 5.74) is 1.21. The van der Waals surface area contributed by atoms with Crippen LogP contribution in [-0.4, -0.2) is 29.8 Å². The van der Waals surface area contributed by atoms with Crippen LogP contribution in [-0.2, 0) is 9.59 Å². The Morgan fingerprint density at radius 2 is 1.78 bits per heavy atom. The second kappa shape index (κ2) is 12.0. The monoisotopic (exact) mass is 509 g/mol. The molecule has 0 aliphatic heterocycles. The molecule has 7 nitrogen and oxygen atoms in total. The Hall–Kier alpha value is -3.39. The lowest BCUT2D eigenvalue weighted by atomic mass is 9.98. The van der Waals surface area contributed by atoms with Crippen molar-refractivity contribution in [1.82, 2.24) is 10.6 Å². The summed E-state index contributed by atoms with van der Waals surface area (Å²) in [7, 11) is 0. The summed E-state index contributed by atoms with van der Waals surface area (Å²) in [6.45, 7) is 9.84. The molecular weight excluding hydrogens is 474 g/mol. The first-order valence-corrected chi connectivity index (χ1v) is 13.1. The molecular formula is C28H35N3O4S. The summed E-state index contributed by atoms with van der Waals surface area (Å²) in [5, 5.41) is 7.54. The second-order valence-electron chi connectivity index (χ2n) is 9.47.